The highest BCUT2D eigenvalue weighted by atomic mass is 35.5. The van der Waals surface area contributed by atoms with Gasteiger partial charge in [0.25, 0.3) is 0 Å². The summed E-state index contributed by atoms with van der Waals surface area (Å²) in [5.41, 5.74) is 2.61. The zero-order valence-corrected chi connectivity index (χ0v) is 12.4. The molecule has 0 radical (unpaired) electrons. The Hall–Kier alpha value is -1.93. The van der Waals surface area contributed by atoms with Crippen LogP contribution in [-0.4, -0.2) is 6.29 Å². The quantitative estimate of drug-likeness (QED) is 0.792. The van der Waals surface area contributed by atoms with Gasteiger partial charge < -0.3 is 9.47 Å². The number of rotatable bonds is 4. The second kappa shape index (κ2) is 6.68. The van der Waals surface area contributed by atoms with Crippen LogP contribution >= 0.6 is 11.6 Å². The highest BCUT2D eigenvalue weighted by Gasteiger charge is 2.17. The fourth-order valence-corrected chi connectivity index (χ4v) is 2.47. The van der Waals surface area contributed by atoms with Crippen LogP contribution in [0.25, 0.3) is 0 Å². The Morgan fingerprint density at radius 2 is 1.81 bits per heavy atom. The molecular formula is C18H17ClO2. The largest absolute Gasteiger partial charge is 0.463 e. The third kappa shape index (κ3) is 4.02. The molecule has 0 saturated heterocycles. The predicted molar refractivity (Wildman–Crippen MR) is 84.4 cm³/mol. The van der Waals surface area contributed by atoms with Crippen molar-refractivity contribution in [3.8, 4) is 5.75 Å². The number of ether oxygens (including phenoxy) is 2. The summed E-state index contributed by atoms with van der Waals surface area (Å²) in [4.78, 5) is 0. The molecule has 1 heterocycles. The minimum absolute atomic E-state index is 0.217. The second-order valence-corrected chi connectivity index (χ2v) is 5.55. The Balaban J connectivity index is 1.55. The maximum atomic E-state index is 5.85. The first-order chi connectivity index (χ1) is 10.3. The summed E-state index contributed by atoms with van der Waals surface area (Å²) in [6.07, 6.45) is 4.42. The van der Waals surface area contributed by atoms with E-state index in [1.54, 1.807) is 0 Å². The third-order valence-corrected chi connectivity index (χ3v) is 3.69. The first-order valence-electron chi connectivity index (χ1n) is 7.09. The van der Waals surface area contributed by atoms with Gasteiger partial charge in [-0.1, -0.05) is 41.9 Å². The van der Waals surface area contributed by atoms with E-state index >= 15 is 0 Å². The number of allylic oxidation sites excluding steroid dienone is 1. The molecule has 0 N–H and O–H groups in total. The van der Waals surface area contributed by atoms with Gasteiger partial charge in [-0.15, -0.1) is 0 Å². The van der Waals surface area contributed by atoms with Crippen LogP contribution in [0.3, 0.4) is 0 Å². The zero-order valence-electron chi connectivity index (χ0n) is 11.7. The molecule has 1 aliphatic rings. The molecule has 3 heteroatoms. The Morgan fingerprint density at radius 3 is 2.48 bits per heavy atom. The molecule has 2 aromatic carbocycles. The molecule has 0 bridgehead atoms. The van der Waals surface area contributed by atoms with Gasteiger partial charge in [0.15, 0.2) is 0 Å². The van der Waals surface area contributed by atoms with Gasteiger partial charge in [-0.2, -0.15) is 0 Å². The molecule has 1 atom stereocenters. The lowest BCUT2D eigenvalue weighted by Gasteiger charge is -2.24. The van der Waals surface area contributed by atoms with E-state index < -0.39 is 0 Å². The number of hydrogen-bond acceptors (Lipinski definition) is 2. The summed E-state index contributed by atoms with van der Waals surface area (Å²) in [5, 5.41) is 0.706. The van der Waals surface area contributed by atoms with E-state index in [9.17, 15) is 0 Å². The molecule has 0 spiro atoms. The van der Waals surface area contributed by atoms with Crippen molar-refractivity contribution in [2.24, 2.45) is 0 Å². The van der Waals surface area contributed by atoms with Crippen molar-refractivity contribution in [2.75, 3.05) is 0 Å². The van der Waals surface area contributed by atoms with E-state index in [1.165, 1.54) is 11.1 Å². The monoisotopic (exact) mass is 300 g/mol. The Morgan fingerprint density at radius 1 is 1.05 bits per heavy atom. The SMILES string of the molecule is Clc1ccc(OC2CCC(Cc3ccccc3)=CO2)cc1. The van der Waals surface area contributed by atoms with Crippen LogP contribution in [0.2, 0.25) is 5.02 Å². The zero-order chi connectivity index (χ0) is 14.5. The van der Waals surface area contributed by atoms with Crippen LogP contribution in [0.1, 0.15) is 18.4 Å². The minimum atomic E-state index is -0.217. The normalized spacial score (nSPS) is 17.8. The van der Waals surface area contributed by atoms with Crippen molar-refractivity contribution >= 4 is 11.6 Å². The molecule has 108 valence electrons. The van der Waals surface area contributed by atoms with E-state index in [2.05, 4.69) is 24.3 Å². The van der Waals surface area contributed by atoms with Crippen LogP contribution in [0.4, 0.5) is 0 Å². The van der Waals surface area contributed by atoms with Crippen molar-refractivity contribution in [1.29, 1.82) is 0 Å². The Bertz CT molecular complexity index is 605. The van der Waals surface area contributed by atoms with E-state index in [4.69, 9.17) is 21.1 Å². The molecule has 0 saturated carbocycles. The standard InChI is InChI=1S/C18H17ClO2/c19-16-7-9-17(10-8-16)21-18-11-6-15(13-20-18)12-14-4-2-1-3-5-14/h1-5,7-10,13,18H,6,11-12H2. The number of benzene rings is 2. The summed E-state index contributed by atoms with van der Waals surface area (Å²) in [6.45, 7) is 0. The lowest BCUT2D eigenvalue weighted by Crippen LogP contribution is -2.22. The first kappa shape index (κ1) is 14.0. The number of halogens is 1. The van der Waals surface area contributed by atoms with Crippen LogP contribution < -0.4 is 4.74 Å². The molecule has 0 aromatic heterocycles. The molecule has 1 unspecified atom stereocenters. The molecule has 21 heavy (non-hydrogen) atoms. The van der Waals surface area contributed by atoms with Gasteiger partial charge in [-0.25, -0.2) is 0 Å². The van der Waals surface area contributed by atoms with Crippen LogP contribution in [0.15, 0.2) is 66.4 Å². The summed E-state index contributed by atoms with van der Waals surface area (Å²) in [5.74, 6) is 0.782. The molecule has 2 aromatic rings. The van der Waals surface area contributed by atoms with Gasteiger partial charge >= 0.3 is 0 Å². The lowest BCUT2D eigenvalue weighted by atomic mass is 10.0. The van der Waals surface area contributed by atoms with Crippen molar-refractivity contribution in [3.05, 3.63) is 77.0 Å². The number of hydrogen-bond donors (Lipinski definition) is 0. The summed E-state index contributed by atoms with van der Waals surface area (Å²) in [6, 6.07) is 17.8. The van der Waals surface area contributed by atoms with Crippen molar-refractivity contribution in [1.82, 2.24) is 0 Å². The van der Waals surface area contributed by atoms with Crippen molar-refractivity contribution < 1.29 is 9.47 Å². The molecule has 0 amide bonds. The van der Waals surface area contributed by atoms with Gasteiger partial charge in [0.1, 0.15) is 5.75 Å². The van der Waals surface area contributed by atoms with E-state index in [0.29, 0.717) is 5.02 Å². The molecule has 1 aliphatic heterocycles. The average Bonchev–Trinajstić information content (AvgIpc) is 2.53. The van der Waals surface area contributed by atoms with Crippen LogP contribution in [-0.2, 0) is 11.2 Å². The topological polar surface area (TPSA) is 18.5 Å². The van der Waals surface area contributed by atoms with Gasteiger partial charge in [-0.05, 0) is 48.2 Å². The van der Waals surface area contributed by atoms with Crippen molar-refractivity contribution in [3.63, 3.8) is 0 Å². The van der Waals surface area contributed by atoms with Crippen molar-refractivity contribution in [2.45, 2.75) is 25.6 Å². The highest BCUT2D eigenvalue weighted by Crippen LogP contribution is 2.24. The fourth-order valence-electron chi connectivity index (χ4n) is 2.34. The van der Waals surface area contributed by atoms with E-state index in [0.717, 1.165) is 25.0 Å². The van der Waals surface area contributed by atoms with Gasteiger partial charge in [-0.3, -0.25) is 0 Å². The summed E-state index contributed by atoms with van der Waals surface area (Å²) >= 11 is 5.85. The molecular weight excluding hydrogens is 284 g/mol. The van der Waals surface area contributed by atoms with E-state index in [-0.39, 0.29) is 6.29 Å². The van der Waals surface area contributed by atoms with Gasteiger partial charge in [0.2, 0.25) is 6.29 Å². The molecule has 0 fully saturated rings. The van der Waals surface area contributed by atoms with E-state index in [1.807, 2.05) is 36.6 Å². The summed E-state index contributed by atoms with van der Waals surface area (Å²) in [7, 11) is 0. The molecule has 0 aliphatic carbocycles. The average molecular weight is 301 g/mol. The molecule has 3 rings (SSSR count). The fraction of sp³-hybridized carbons (Fsp3) is 0.222. The maximum Gasteiger partial charge on any atom is 0.240 e. The van der Waals surface area contributed by atoms with Crippen LogP contribution in [0, 0.1) is 0 Å². The lowest BCUT2D eigenvalue weighted by molar-refractivity contribution is -0.0441. The smallest absolute Gasteiger partial charge is 0.240 e. The minimum Gasteiger partial charge on any atom is -0.463 e. The maximum absolute atomic E-state index is 5.85. The van der Waals surface area contributed by atoms with Gasteiger partial charge in [0.05, 0.1) is 6.26 Å². The summed E-state index contributed by atoms with van der Waals surface area (Å²) < 4.78 is 11.5. The second-order valence-electron chi connectivity index (χ2n) is 5.11. The predicted octanol–water partition coefficient (Wildman–Crippen LogP) is 4.98. The van der Waals surface area contributed by atoms with Crippen LogP contribution in [0.5, 0.6) is 5.75 Å². The first-order valence-corrected chi connectivity index (χ1v) is 7.47. The highest BCUT2D eigenvalue weighted by molar-refractivity contribution is 6.30. The third-order valence-electron chi connectivity index (χ3n) is 3.44. The molecule has 2 nitrogen and oxygen atoms in total. The van der Waals surface area contributed by atoms with Gasteiger partial charge in [0, 0.05) is 11.4 Å². The Labute approximate surface area is 130 Å². The Kier molecular flexibility index (Phi) is 4.46.